The molecule has 0 aromatic carbocycles. The number of methoxy groups -OCH3 is 2. The minimum atomic E-state index is -4.04. The summed E-state index contributed by atoms with van der Waals surface area (Å²) in [6, 6.07) is 0. The highest BCUT2D eigenvalue weighted by molar-refractivity contribution is 7.89. The third-order valence-electron chi connectivity index (χ3n) is 2.82. The summed E-state index contributed by atoms with van der Waals surface area (Å²) < 4.78 is 33.2. The summed E-state index contributed by atoms with van der Waals surface area (Å²) in [6.45, 7) is 2.17. The first-order valence-electron chi connectivity index (χ1n) is 6.25. The number of nitrogens with one attached hydrogen (secondary N) is 2. The second kappa shape index (κ2) is 7.50. The maximum absolute atomic E-state index is 12.1. The van der Waals surface area contributed by atoms with E-state index in [1.165, 1.54) is 14.2 Å². The number of aromatic nitrogens is 2. The second-order valence-corrected chi connectivity index (χ2v) is 5.80. The first-order chi connectivity index (χ1) is 9.85. The molecule has 1 amide bonds. The van der Waals surface area contributed by atoms with E-state index in [4.69, 9.17) is 14.6 Å². The lowest BCUT2D eigenvalue weighted by Crippen LogP contribution is -2.36. The molecule has 120 valence electrons. The Morgan fingerprint density at radius 3 is 2.62 bits per heavy atom. The standard InChI is InChI=1S/C11H20N4O5S/c1-4-8-10(21(12,17)18)9(15-14-8)11(16)13-5-7(20-3)6-19-2/h7H,4-6H2,1-3H3,(H,13,16)(H,14,15)(H2,12,17,18). The van der Waals surface area contributed by atoms with Crippen LogP contribution in [0.5, 0.6) is 0 Å². The molecule has 1 aromatic rings. The summed E-state index contributed by atoms with van der Waals surface area (Å²) in [5.41, 5.74) is 0.0458. The van der Waals surface area contributed by atoms with Crippen molar-refractivity contribution in [1.29, 1.82) is 0 Å². The van der Waals surface area contributed by atoms with Crippen LogP contribution >= 0.6 is 0 Å². The summed E-state index contributed by atoms with van der Waals surface area (Å²) >= 11 is 0. The highest BCUT2D eigenvalue weighted by Gasteiger charge is 2.26. The van der Waals surface area contributed by atoms with E-state index in [0.29, 0.717) is 18.7 Å². The van der Waals surface area contributed by atoms with E-state index in [1.807, 2.05) is 0 Å². The fraction of sp³-hybridized carbons (Fsp3) is 0.636. The Bertz CT molecular complexity index is 583. The number of aromatic amines is 1. The second-order valence-electron chi connectivity index (χ2n) is 4.30. The molecule has 21 heavy (non-hydrogen) atoms. The van der Waals surface area contributed by atoms with Gasteiger partial charge >= 0.3 is 0 Å². The maximum atomic E-state index is 12.1. The summed E-state index contributed by atoms with van der Waals surface area (Å²) in [6.07, 6.45) is 0.0117. The molecule has 0 aliphatic carbocycles. The number of ether oxygens (including phenoxy) is 2. The largest absolute Gasteiger partial charge is 0.382 e. The molecular formula is C11H20N4O5S. The van der Waals surface area contributed by atoms with Crippen LogP contribution in [0.1, 0.15) is 23.1 Å². The van der Waals surface area contributed by atoms with Gasteiger partial charge in [-0.15, -0.1) is 0 Å². The Balaban J connectivity index is 2.91. The van der Waals surface area contributed by atoms with Crippen LogP contribution in [0.15, 0.2) is 4.90 Å². The van der Waals surface area contributed by atoms with Crippen LogP contribution in [-0.2, 0) is 25.9 Å². The molecule has 1 heterocycles. The smallest absolute Gasteiger partial charge is 0.273 e. The van der Waals surface area contributed by atoms with Gasteiger partial charge in [0.05, 0.1) is 18.4 Å². The number of sulfonamides is 1. The molecule has 1 aromatic heterocycles. The predicted molar refractivity (Wildman–Crippen MR) is 74.3 cm³/mol. The number of carbonyl (C=O) groups excluding carboxylic acids is 1. The summed E-state index contributed by atoms with van der Waals surface area (Å²) in [4.78, 5) is 11.8. The van der Waals surface area contributed by atoms with E-state index in [2.05, 4.69) is 15.5 Å². The minimum absolute atomic E-state index is 0.154. The zero-order valence-electron chi connectivity index (χ0n) is 12.2. The van der Waals surface area contributed by atoms with Gasteiger partial charge in [-0.1, -0.05) is 6.92 Å². The molecule has 0 saturated heterocycles. The van der Waals surface area contributed by atoms with Crippen LogP contribution < -0.4 is 10.5 Å². The number of carbonyl (C=O) groups is 1. The Morgan fingerprint density at radius 1 is 1.48 bits per heavy atom. The zero-order chi connectivity index (χ0) is 16.0. The summed E-state index contributed by atoms with van der Waals surface area (Å²) in [5.74, 6) is -0.645. The van der Waals surface area contributed by atoms with Crippen LogP contribution in [0, 0.1) is 0 Å². The van der Waals surface area contributed by atoms with E-state index in [-0.39, 0.29) is 23.2 Å². The molecule has 0 radical (unpaired) electrons. The molecule has 0 bridgehead atoms. The minimum Gasteiger partial charge on any atom is -0.382 e. The van der Waals surface area contributed by atoms with Crippen molar-refractivity contribution in [3.8, 4) is 0 Å². The van der Waals surface area contributed by atoms with Crippen LogP contribution in [0.25, 0.3) is 0 Å². The zero-order valence-corrected chi connectivity index (χ0v) is 13.0. The van der Waals surface area contributed by atoms with Gasteiger partial charge in [-0.3, -0.25) is 9.89 Å². The molecule has 1 atom stereocenters. The topological polar surface area (TPSA) is 136 Å². The predicted octanol–water partition coefficient (Wildman–Crippen LogP) is -0.989. The van der Waals surface area contributed by atoms with Crippen LogP contribution in [0.3, 0.4) is 0 Å². The van der Waals surface area contributed by atoms with Crippen LogP contribution in [0.4, 0.5) is 0 Å². The van der Waals surface area contributed by atoms with E-state index >= 15 is 0 Å². The molecule has 0 aliphatic rings. The van der Waals surface area contributed by atoms with Gasteiger partial charge in [-0.2, -0.15) is 5.10 Å². The molecule has 0 aliphatic heterocycles. The number of H-pyrrole nitrogens is 1. The van der Waals surface area contributed by atoms with Crippen molar-refractivity contribution in [2.45, 2.75) is 24.3 Å². The SMILES string of the molecule is CCc1[nH]nc(C(=O)NCC(COC)OC)c1S(N)(=O)=O. The van der Waals surface area contributed by atoms with E-state index in [0.717, 1.165) is 0 Å². The van der Waals surface area contributed by atoms with E-state index in [9.17, 15) is 13.2 Å². The first-order valence-corrected chi connectivity index (χ1v) is 7.79. The fourth-order valence-corrected chi connectivity index (χ4v) is 2.70. The quantitative estimate of drug-likeness (QED) is 0.562. The third-order valence-corrected chi connectivity index (χ3v) is 3.83. The maximum Gasteiger partial charge on any atom is 0.273 e. The number of nitrogens with two attached hydrogens (primary N) is 1. The van der Waals surface area contributed by atoms with Crippen LogP contribution in [0.2, 0.25) is 0 Å². The Hall–Kier alpha value is -1.49. The molecular weight excluding hydrogens is 300 g/mol. The lowest BCUT2D eigenvalue weighted by molar-refractivity contribution is 0.0284. The number of hydrogen-bond acceptors (Lipinski definition) is 6. The van der Waals surface area contributed by atoms with Gasteiger partial charge in [-0.05, 0) is 6.42 Å². The number of aryl methyl sites for hydroxylation is 1. The number of nitrogens with zero attached hydrogens (tertiary/aromatic N) is 1. The molecule has 4 N–H and O–H groups in total. The van der Waals surface area contributed by atoms with Gasteiger partial charge in [0.15, 0.2) is 5.69 Å². The number of rotatable bonds is 8. The highest BCUT2D eigenvalue weighted by atomic mass is 32.2. The Kier molecular flexibility index (Phi) is 6.27. The van der Waals surface area contributed by atoms with Crippen molar-refractivity contribution in [2.75, 3.05) is 27.4 Å². The third kappa shape index (κ3) is 4.49. The van der Waals surface area contributed by atoms with Gasteiger partial charge in [-0.25, -0.2) is 13.6 Å². The van der Waals surface area contributed by atoms with E-state index in [1.54, 1.807) is 6.92 Å². The Morgan fingerprint density at radius 2 is 2.14 bits per heavy atom. The molecule has 1 rings (SSSR count). The van der Waals surface area contributed by atoms with Crippen molar-refractivity contribution >= 4 is 15.9 Å². The molecule has 1 unspecified atom stereocenters. The van der Waals surface area contributed by atoms with Crippen molar-refractivity contribution in [3.05, 3.63) is 11.4 Å². The fourth-order valence-electron chi connectivity index (χ4n) is 1.75. The Labute approximate surface area is 123 Å². The molecule has 0 spiro atoms. The summed E-state index contributed by atoms with van der Waals surface area (Å²) in [5, 5.41) is 13.9. The molecule has 0 saturated carbocycles. The lowest BCUT2D eigenvalue weighted by Gasteiger charge is -2.14. The molecule has 9 nitrogen and oxygen atoms in total. The normalized spacial score (nSPS) is 13.1. The van der Waals surface area contributed by atoms with E-state index < -0.39 is 15.9 Å². The molecule has 10 heteroatoms. The monoisotopic (exact) mass is 320 g/mol. The van der Waals surface area contributed by atoms with Crippen molar-refractivity contribution < 1.29 is 22.7 Å². The van der Waals surface area contributed by atoms with Crippen molar-refractivity contribution in [1.82, 2.24) is 15.5 Å². The van der Waals surface area contributed by atoms with Crippen molar-refractivity contribution in [3.63, 3.8) is 0 Å². The van der Waals surface area contributed by atoms with Gasteiger partial charge in [0, 0.05) is 20.8 Å². The van der Waals surface area contributed by atoms with Gasteiger partial charge in [0.2, 0.25) is 10.0 Å². The van der Waals surface area contributed by atoms with Crippen LogP contribution in [-0.4, -0.2) is 58.0 Å². The average molecular weight is 320 g/mol. The lowest BCUT2D eigenvalue weighted by atomic mass is 10.3. The van der Waals surface area contributed by atoms with Gasteiger partial charge in [0.25, 0.3) is 5.91 Å². The summed E-state index contributed by atoms with van der Waals surface area (Å²) in [7, 11) is -1.05. The van der Waals surface area contributed by atoms with Gasteiger partial charge in [0.1, 0.15) is 4.90 Å². The number of primary sulfonamides is 1. The number of hydrogen-bond donors (Lipinski definition) is 3. The average Bonchev–Trinajstić information content (AvgIpc) is 2.87. The first kappa shape index (κ1) is 17.6. The molecule has 0 fully saturated rings. The highest BCUT2D eigenvalue weighted by Crippen LogP contribution is 2.17. The number of amides is 1. The van der Waals surface area contributed by atoms with Crippen molar-refractivity contribution in [2.24, 2.45) is 5.14 Å². The van der Waals surface area contributed by atoms with Gasteiger partial charge < -0.3 is 14.8 Å².